The normalized spacial score (nSPS) is 18.3. The molecule has 0 bridgehead atoms. The lowest BCUT2D eigenvalue weighted by molar-refractivity contribution is 0.121. The van der Waals surface area contributed by atoms with Crippen LogP contribution in [-0.4, -0.2) is 56.4 Å². The Bertz CT molecular complexity index is 296. The van der Waals surface area contributed by atoms with E-state index in [1.807, 2.05) is 0 Å². The molecule has 0 rings (SSSR count). The van der Waals surface area contributed by atoms with Gasteiger partial charge in [-0.2, -0.15) is 25.3 Å². The van der Waals surface area contributed by atoms with E-state index in [2.05, 4.69) is 44.9 Å². The molecule has 0 radical (unpaired) electrons. The molecule has 0 aromatic rings. The van der Waals surface area contributed by atoms with Crippen molar-refractivity contribution in [1.82, 2.24) is 0 Å². The Balaban J connectivity index is 5.15. The van der Waals surface area contributed by atoms with Gasteiger partial charge in [0.05, 0.1) is 0 Å². The van der Waals surface area contributed by atoms with Crippen LogP contribution in [0.5, 0.6) is 0 Å². The molecule has 2 unspecified atom stereocenters. The van der Waals surface area contributed by atoms with Gasteiger partial charge in [-0.15, -0.1) is 0 Å². The van der Waals surface area contributed by atoms with E-state index in [-0.39, 0.29) is 0 Å². The molecule has 0 aliphatic rings. The van der Waals surface area contributed by atoms with Crippen molar-refractivity contribution in [1.29, 1.82) is 0 Å². The van der Waals surface area contributed by atoms with E-state index in [0.717, 1.165) is 18.6 Å². The number of hydrogen-bond donors (Lipinski definition) is 3. The molecule has 0 saturated carbocycles. The van der Waals surface area contributed by atoms with Crippen molar-refractivity contribution in [3.8, 4) is 0 Å². The highest BCUT2D eigenvalue weighted by Crippen LogP contribution is 2.27. The molecule has 0 spiro atoms. The van der Waals surface area contributed by atoms with Crippen molar-refractivity contribution in [2.75, 3.05) is 25.7 Å². The molecule has 0 aromatic carbocycles. The van der Waals surface area contributed by atoms with Crippen LogP contribution in [0, 0.1) is 0 Å². The lowest BCUT2D eigenvalue weighted by Gasteiger charge is -2.38. The van der Waals surface area contributed by atoms with E-state index in [4.69, 9.17) is 17.1 Å². The summed E-state index contributed by atoms with van der Waals surface area (Å²) in [6.07, 6.45) is 1.54. The van der Waals surface area contributed by atoms with Gasteiger partial charge in [0.2, 0.25) is 0 Å². The zero-order chi connectivity index (χ0) is 16.6. The zero-order valence-corrected chi connectivity index (χ0v) is 18.5. The second-order valence-electron chi connectivity index (χ2n) is 5.77. The summed E-state index contributed by atoms with van der Waals surface area (Å²) in [6.45, 7) is 6.25. The van der Waals surface area contributed by atoms with E-state index in [9.17, 15) is 4.80 Å². The number of thiol groups is 2. The van der Waals surface area contributed by atoms with Crippen LogP contribution in [0.4, 0.5) is 0 Å². The average molecular weight is 391 g/mol. The first-order chi connectivity index (χ1) is 9.66. The first-order valence-corrected chi connectivity index (χ1v) is 15.7. The van der Waals surface area contributed by atoms with Crippen LogP contribution in [0.1, 0.15) is 12.8 Å². The highest BCUT2D eigenvalue weighted by molar-refractivity contribution is 7.80. The van der Waals surface area contributed by atoms with E-state index >= 15 is 0 Å². The summed E-state index contributed by atoms with van der Waals surface area (Å²) in [6, 6.07) is 1.10. The van der Waals surface area contributed by atoms with Crippen molar-refractivity contribution < 1.29 is 21.9 Å². The Kier molecular flexibility index (Phi) is 10.7. The summed E-state index contributed by atoms with van der Waals surface area (Å²) >= 11 is 8.42. The van der Waals surface area contributed by atoms with Crippen molar-refractivity contribution in [3.05, 3.63) is 0 Å². The topological polar surface area (TPSA) is 57.2 Å². The van der Waals surface area contributed by atoms with Gasteiger partial charge in [-0.25, -0.2) is 0 Å². The second-order valence-corrected chi connectivity index (χ2v) is 17.1. The molecule has 0 aromatic heterocycles. The molecule has 0 heterocycles. The van der Waals surface area contributed by atoms with Gasteiger partial charge in [-0.05, 0) is 44.0 Å². The van der Waals surface area contributed by atoms with Gasteiger partial charge in [-0.1, -0.05) is 0 Å². The van der Waals surface area contributed by atoms with E-state index in [1.54, 1.807) is 7.11 Å². The molecule has 128 valence electrons. The largest absolute Gasteiger partial charge is 0.490 e. The van der Waals surface area contributed by atoms with Gasteiger partial charge < -0.3 is 21.9 Å². The van der Waals surface area contributed by atoms with Crippen molar-refractivity contribution in [3.63, 3.8) is 0 Å². The molecule has 0 saturated heterocycles. The third-order valence-electron chi connectivity index (χ3n) is 2.70. The summed E-state index contributed by atoms with van der Waals surface area (Å²) in [7, 11) is -5.06. The third kappa shape index (κ3) is 9.13. The highest BCUT2D eigenvalue weighted by atomic mass is 32.1. The quantitative estimate of drug-likeness (QED) is 0.353. The fourth-order valence-electron chi connectivity index (χ4n) is 1.81. The van der Waals surface area contributed by atoms with Gasteiger partial charge in [-0.3, -0.25) is 0 Å². The summed E-state index contributed by atoms with van der Waals surface area (Å²) in [5, 5.41) is 0. The van der Waals surface area contributed by atoms with E-state index in [0.29, 0.717) is 17.8 Å². The Labute approximate surface area is 143 Å². The van der Waals surface area contributed by atoms with Crippen LogP contribution in [0.2, 0.25) is 31.7 Å². The second kappa shape index (κ2) is 10.1. The van der Waals surface area contributed by atoms with Crippen LogP contribution in [0.3, 0.4) is 0 Å². The monoisotopic (exact) mass is 390 g/mol. The lowest BCUT2D eigenvalue weighted by Crippen LogP contribution is -2.59. The van der Waals surface area contributed by atoms with Gasteiger partial charge in [0.1, 0.15) is 0 Å². The smallest absolute Gasteiger partial charge is 0.416 e. The van der Waals surface area contributed by atoms with E-state index in [1.165, 1.54) is 7.11 Å². The summed E-state index contributed by atoms with van der Waals surface area (Å²) in [5.41, 5.74) is 0. The Hall–Kier alpha value is 1.15. The fraction of sp³-hybridized carbons (Fsp3) is 1.00. The Morgan fingerprint density at radius 2 is 1.38 bits per heavy atom. The van der Waals surface area contributed by atoms with Crippen molar-refractivity contribution in [2.45, 2.75) is 44.6 Å². The lowest BCUT2D eigenvalue weighted by atomic mass is 10.6. The molecule has 2 atom stereocenters. The maximum absolute atomic E-state index is 10.6. The SMILES string of the molecule is CO[Si](O)(CCCS)O[Si](CCCS)(OC)O[Si](C)(C)C. The minimum absolute atomic E-state index is 0.459. The number of rotatable bonds is 12. The number of hydrogen-bond acceptors (Lipinski definition) is 7. The predicted molar refractivity (Wildman–Crippen MR) is 99.8 cm³/mol. The van der Waals surface area contributed by atoms with Gasteiger partial charge in [0, 0.05) is 26.3 Å². The van der Waals surface area contributed by atoms with Crippen molar-refractivity contribution in [2.24, 2.45) is 0 Å². The van der Waals surface area contributed by atoms with Crippen LogP contribution in [-0.2, 0) is 17.1 Å². The molecule has 0 aliphatic heterocycles. The summed E-state index contributed by atoms with van der Waals surface area (Å²) < 4.78 is 23.2. The molecule has 0 amide bonds. The highest BCUT2D eigenvalue weighted by Gasteiger charge is 2.52. The van der Waals surface area contributed by atoms with Gasteiger partial charge >= 0.3 is 17.6 Å². The van der Waals surface area contributed by atoms with Crippen molar-refractivity contribution >= 4 is 51.2 Å². The standard InChI is InChI=1S/C11H30O5S2Si3/c1-13-20(12,10-6-8-17)16-21(14-2,11-7-9-18)15-19(3,4)5/h12,17-18H,6-11H2,1-5H3. The van der Waals surface area contributed by atoms with Crippen LogP contribution < -0.4 is 0 Å². The molecule has 1 N–H and O–H groups in total. The Morgan fingerprint density at radius 3 is 1.76 bits per heavy atom. The Morgan fingerprint density at radius 1 is 0.857 bits per heavy atom. The summed E-state index contributed by atoms with van der Waals surface area (Å²) in [5.74, 6) is 1.40. The minimum atomic E-state index is -3.29. The fourth-order valence-corrected chi connectivity index (χ4v) is 12.8. The first kappa shape index (κ1) is 22.2. The zero-order valence-electron chi connectivity index (χ0n) is 13.7. The van der Waals surface area contributed by atoms with Gasteiger partial charge in [0.25, 0.3) is 0 Å². The molecule has 5 nitrogen and oxygen atoms in total. The molecule has 0 aliphatic carbocycles. The molecular weight excluding hydrogens is 361 g/mol. The van der Waals surface area contributed by atoms with E-state index < -0.39 is 25.9 Å². The van der Waals surface area contributed by atoms with Crippen LogP contribution in [0.25, 0.3) is 0 Å². The predicted octanol–water partition coefficient (Wildman–Crippen LogP) is 2.66. The summed E-state index contributed by atoms with van der Waals surface area (Å²) in [4.78, 5) is 10.6. The molecule has 10 heteroatoms. The average Bonchev–Trinajstić information content (AvgIpc) is 2.41. The molecular formula is C11H30O5S2Si3. The minimum Gasteiger partial charge on any atom is -0.416 e. The van der Waals surface area contributed by atoms with Crippen LogP contribution in [0.15, 0.2) is 0 Å². The molecule has 21 heavy (non-hydrogen) atoms. The maximum atomic E-state index is 10.6. The van der Waals surface area contributed by atoms with Gasteiger partial charge in [0.15, 0.2) is 8.32 Å². The first-order valence-electron chi connectivity index (χ1n) is 7.10. The van der Waals surface area contributed by atoms with Crippen LogP contribution >= 0.6 is 25.3 Å². The maximum Gasteiger partial charge on any atom is 0.490 e. The molecule has 0 fully saturated rings. The third-order valence-corrected chi connectivity index (χ3v) is 12.8.